The number of nitrogens with one attached hydrogen (secondary N) is 1. The van der Waals surface area contributed by atoms with E-state index in [1.54, 1.807) is 0 Å². The maximum absolute atomic E-state index is 13.8. The van der Waals surface area contributed by atoms with Gasteiger partial charge in [0.1, 0.15) is 0 Å². The molecule has 0 bridgehead atoms. The Bertz CT molecular complexity index is 1310. The lowest BCUT2D eigenvalue weighted by atomic mass is 10.2. The zero-order chi connectivity index (χ0) is 23.0. The van der Waals surface area contributed by atoms with Crippen LogP contribution in [-0.2, 0) is 12.8 Å². The van der Waals surface area contributed by atoms with Crippen LogP contribution in [0.4, 0.5) is 27.6 Å². The van der Waals surface area contributed by atoms with Crippen LogP contribution >= 0.6 is 0 Å². The average Bonchev–Trinajstić information content (AvgIpc) is 3.15. The van der Waals surface area contributed by atoms with E-state index in [4.69, 9.17) is 0 Å². The summed E-state index contributed by atoms with van der Waals surface area (Å²) in [5.74, 6) is -4.54. The van der Waals surface area contributed by atoms with Crippen LogP contribution in [0, 0.1) is 11.6 Å². The number of rotatable bonds is 4. The number of fused-ring (bicyclic) bond motifs is 1. The number of hydrogen-bond acceptors (Lipinski definition) is 3. The van der Waals surface area contributed by atoms with Crippen LogP contribution in [-0.4, -0.2) is 20.6 Å². The molecule has 0 radical (unpaired) electrons. The maximum Gasteiger partial charge on any atom is 0.450 e. The second-order valence-corrected chi connectivity index (χ2v) is 6.85. The number of hydrogen-bond donors (Lipinski definition) is 2. The molecule has 1 heterocycles. The molecule has 4 rings (SSSR count). The molecular formula is C22H14F5N3O2. The van der Waals surface area contributed by atoms with Gasteiger partial charge >= 0.3 is 6.18 Å². The number of imidazole rings is 1. The summed E-state index contributed by atoms with van der Waals surface area (Å²) in [6.07, 6.45) is -4.75. The van der Waals surface area contributed by atoms with Crippen molar-refractivity contribution in [1.82, 2.24) is 9.55 Å². The highest BCUT2D eigenvalue weighted by atomic mass is 19.4. The van der Waals surface area contributed by atoms with Gasteiger partial charge in [-0.3, -0.25) is 9.36 Å². The minimum Gasteiger partial charge on any atom is -0.392 e. The van der Waals surface area contributed by atoms with Gasteiger partial charge in [0.25, 0.3) is 5.91 Å². The zero-order valence-electron chi connectivity index (χ0n) is 16.1. The monoisotopic (exact) mass is 447 g/mol. The van der Waals surface area contributed by atoms with Gasteiger partial charge in [-0.05, 0) is 54.1 Å². The van der Waals surface area contributed by atoms with E-state index in [0.29, 0.717) is 5.56 Å². The van der Waals surface area contributed by atoms with E-state index in [1.165, 1.54) is 48.5 Å². The Morgan fingerprint density at radius 1 is 1.03 bits per heavy atom. The molecule has 5 nitrogen and oxygen atoms in total. The predicted octanol–water partition coefficient (Wildman–Crippen LogP) is 5.07. The first-order chi connectivity index (χ1) is 15.2. The van der Waals surface area contributed by atoms with E-state index < -0.39 is 35.1 Å². The fourth-order valence-corrected chi connectivity index (χ4v) is 3.25. The van der Waals surface area contributed by atoms with Crippen molar-refractivity contribution in [1.29, 1.82) is 0 Å². The number of aliphatic hydroxyl groups excluding tert-OH is 1. The SMILES string of the molecule is O=C(Nc1ccc(-n2c(C(F)(F)F)nc3cc(CO)ccc32)cc1)c1cccc(F)c1F. The van der Waals surface area contributed by atoms with Crippen molar-refractivity contribution in [2.45, 2.75) is 12.8 Å². The molecule has 164 valence electrons. The summed E-state index contributed by atoms with van der Waals surface area (Å²) in [5.41, 5.74) is 0.428. The van der Waals surface area contributed by atoms with Gasteiger partial charge in [0.15, 0.2) is 11.6 Å². The summed E-state index contributed by atoms with van der Waals surface area (Å²) in [7, 11) is 0. The van der Waals surface area contributed by atoms with E-state index in [9.17, 15) is 31.9 Å². The fraction of sp³-hybridized carbons (Fsp3) is 0.0909. The molecule has 0 aliphatic heterocycles. The van der Waals surface area contributed by atoms with Crippen molar-refractivity contribution in [3.05, 3.63) is 89.2 Å². The third-order valence-electron chi connectivity index (χ3n) is 4.73. The van der Waals surface area contributed by atoms with Crippen molar-refractivity contribution in [2.24, 2.45) is 0 Å². The molecule has 4 aromatic rings. The van der Waals surface area contributed by atoms with E-state index >= 15 is 0 Å². The number of aromatic nitrogens is 2. The lowest BCUT2D eigenvalue weighted by molar-refractivity contribution is -0.145. The molecule has 1 aromatic heterocycles. The highest BCUT2D eigenvalue weighted by Crippen LogP contribution is 2.34. The van der Waals surface area contributed by atoms with E-state index in [1.807, 2.05) is 0 Å². The van der Waals surface area contributed by atoms with Crippen molar-refractivity contribution in [3.8, 4) is 5.69 Å². The van der Waals surface area contributed by atoms with E-state index in [0.717, 1.165) is 16.7 Å². The third kappa shape index (κ3) is 3.92. The summed E-state index contributed by atoms with van der Waals surface area (Å²) in [6.45, 7) is -0.343. The highest BCUT2D eigenvalue weighted by molar-refractivity contribution is 6.04. The number of amides is 1. The first-order valence-corrected chi connectivity index (χ1v) is 9.24. The van der Waals surface area contributed by atoms with Crippen molar-refractivity contribution < 1.29 is 31.9 Å². The van der Waals surface area contributed by atoms with Gasteiger partial charge in [-0.15, -0.1) is 0 Å². The number of halogens is 5. The Morgan fingerprint density at radius 3 is 2.41 bits per heavy atom. The minimum atomic E-state index is -4.75. The van der Waals surface area contributed by atoms with Crippen molar-refractivity contribution in [3.63, 3.8) is 0 Å². The number of anilines is 1. The second-order valence-electron chi connectivity index (χ2n) is 6.85. The molecule has 3 aromatic carbocycles. The summed E-state index contributed by atoms with van der Waals surface area (Å²) in [6, 6.07) is 12.8. The Kier molecular flexibility index (Phi) is 5.39. The normalized spacial score (nSPS) is 11.7. The molecule has 2 N–H and O–H groups in total. The number of benzene rings is 3. The molecule has 1 amide bonds. The van der Waals surface area contributed by atoms with E-state index in [-0.39, 0.29) is 29.0 Å². The van der Waals surface area contributed by atoms with Gasteiger partial charge in [0.2, 0.25) is 5.82 Å². The summed E-state index contributed by atoms with van der Waals surface area (Å²) in [5, 5.41) is 11.6. The van der Waals surface area contributed by atoms with Crippen LogP contribution in [0.1, 0.15) is 21.7 Å². The maximum atomic E-state index is 13.8. The minimum absolute atomic E-state index is 0.0582. The predicted molar refractivity (Wildman–Crippen MR) is 106 cm³/mol. The van der Waals surface area contributed by atoms with E-state index in [2.05, 4.69) is 10.3 Å². The van der Waals surface area contributed by atoms with Crippen LogP contribution in [0.5, 0.6) is 0 Å². The Hall–Kier alpha value is -3.79. The zero-order valence-corrected chi connectivity index (χ0v) is 16.1. The quantitative estimate of drug-likeness (QED) is 0.430. The van der Waals surface area contributed by atoms with Crippen LogP contribution in [0.25, 0.3) is 16.7 Å². The largest absolute Gasteiger partial charge is 0.450 e. The summed E-state index contributed by atoms with van der Waals surface area (Å²) in [4.78, 5) is 15.9. The first kappa shape index (κ1) is 21.4. The Morgan fingerprint density at radius 2 is 1.75 bits per heavy atom. The summed E-state index contributed by atoms with van der Waals surface area (Å²) >= 11 is 0. The fourth-order valence-electron chi connectivity index (χ4n) is 3.25. The van der Waals surface area contributed by atoms with Crippen LogP contribution in [0.3, 0.4) is 0 Å². The molecule has 0 aliphatic rings. The first-order valence-electron chi connectivity index (χ1n) is 9.24. The Labute approximate surface area is 177 Å². The average molecular weight is 447 g/mol. The van der Waals surface area contributed by atoms with Gasteiger partial charge in [-0.2, -0.15) is 13.2 Å². The second kappa shape index (κ2) is 8.04. The molecule has 0 unspecified atom stereocenters. The Balaban J connectivity index is 1.70. The number of carbonyl (C=O) groups excluding carboxylic acids is 1. The van der Waals surface area contributed by atoms with Gasteiger partial charge < -0.3 is 10.4 Å². The smallest absolute Gasteiger partial charge is 0.392 e. The standard InChI is InChI=1S/C22H14F5N3O2/c23-16-3-1-2-15(19(16)24)20(32)28-13-5-7-14(8-6-13)30-18-9-4-12(11-31)10-17(18)29-21(30)22(25,26)27/h1-10,31H,11H2,(H,28,32). The molecule has 0 atom stereocenters. The number of nitrogens with zero attached hydrogens (tertiary/aromatic N) is 2. The van der Waals surface area contributed by atoms with Gasteiger partial charge in [0, 0.05) is 11.4 Å². The van der Waals surface area contributed by atoms with Crippen molar-refractivity contribution in [2.75, 3.05) is 5.32 Å². The molecule has 0 saturated carbocycles. The van der Waals surface area contributed by atoms with Crippen LogP contribution in [0.15, 0.2) is 60.7 Å². The van der Waals surface area contributed by atoms with Crippen molar-refractivity contribution >= 4 is 22.6 Å². The molecule has 32 heavy (non-hydrogen) atoms. The summed E-state index contributed by atoms with van der Waals surface area (Å²) < 4.78 is 68.9. The topological polar surface area (TPSA) is 67.2 Å². The molecule has 0 fully saturated rings. The van der Waals surface area contributed by atoms with Gasteiger partial charge in [-0.1, -0.05) is 12.1 Å². The molecular weight excluding hydrogens is 433 g/mol. The third-order valence-corrected chi connectivity index (χ3v) is 4.73. The van der Waals surface area contributed by atoms with Crippen LogP contribution < -0.4 is 5.32 Å². The number of alkyl halides is 3. The molecule has 0 spiro atoms. The molecule has 0 saturated heterocycles. The lowest BCUT2D eigenvalue weighted by Gasteiger charge is -2.13. The lowest BCUT2D eigenvalue weighted by Crippen LogP contribution is -2.15. The molecule has 0 aliphatic carbocycles. The van der Waals surface area contributed by atoms with Gasteiger partial charge in [0.05, 0.1) is 23.2 Å². The number of carbonyl (C=O) groups is 1. The highest BCUT2D eigenvalue weighted by Gasteiger charge is 2.38. The number of aliphatic hydroxyl groups is 1. The molecule has 10 heteroatoms. The van der Waals surface area contributed by atoms with Crippen LogP contribution in [0.2, 0.25) is 0 Å². The van der Waals surface area contributed by atoms with Gasteiger partial charge in [-0.25, -0.2) is 13.8 Å².